The molecule has 0 fully saturated rings. The van der Waals surface area contributed by atoms with Crippen LogP contribution in [0.4, 0.5) is 5.69 Å². The number of amides is 1. The molecule has 128 valence electrons. The number of hydrogen-bond donors (Lipinski definition) is 1. The smallest absolute Gasteiger partial charge is 0.255 e. The van der Waals surface area contributed by atoms with E-state index in [1.165, 1.54) is 0 Å². The summed E-state index contributed by atoms with van der Waals surface area (Å²) in [5.74, 6) is 3.05. The van der Waals surface area contributed by atoms with Crippen LogP contribution in [-0.4, -0.2) is 10.9 Å². The third kappa shape index (κ3) is 4.28. The quantitative estimate of drug-likeness (QED) is 0.707. The second-order valence-electron chi connectivity index (χ2n) is 5.76. The van der Waals surface area contributed by atoms with Crippen LogP contribution in [0.2, 0.25) is 0 Å². The van der Waals surface area contributed by atoms with Crippen LogP contribution in [0.5, 0.6) is 5.75 Å². The molecule has 0 aliphatic carbocycles. The Hall–Kier alpha value is -3.58. The average Bonchev–Trinajstić information content (AvgIpc) is 2.69. The van der Waals surface area contributed by atoms with Crippen molar-refractivity contribution in [2.45, 2.75) is 13.5 Å². The molecule has 0 aliphatic rings. The zero-order valence-corrected chi connectivity index (χ0v) is 14.4. The van der Waals surface area contributed by atoms with E-state index in [9.17, 15) is 4.79 Å². The molecule has 2 aromatic carbocycles. The van der Waals surface area contributed by atoms with Crippen molar-refractivity contribution in [1.82, 2.24) is 4.98 Å². The van der Waals surface area contributed by atoms with Crippen molar-refractivity contribution in [2.75, 3.05) is 5.32 Å². The van der Waals surface area contributed by atoms with Crippen LogP contribution >= 0.6 is 0 Å². The Kier molecular flexibility index (Phi) is 5.31. The number of carbonyl (C=O) groups is 1. The van der Waals surface area contributed by atoms with Gasteiger partial charge in [-0.3, -0.25) is 9.78 Å². The first-order valence-corrected chi connectivity index (χ1v) is 8.17. The van der Waals surface area contributed by atoms with Crippen molar-refractivity contribution in [3.8, 4) is 18.1 Å². The molecule has 1 amide bonds. The van der Waals surface area contributed by atoms with E-state index < -0.39 is 0 Å². The van der Waals surface area contributed by atoms with Crippen LogP contribution < -0.4 is 10.1 Å². The first-order chi connectivity index (χ1) is 12.7. The fraction of sp³-hybridized carbons (Fsp3) is 0.0909. The summed E-state index contributed by atoms with van der Waals surface area (Å²) < 4.78 is 5.68. The number of rotatable bonds is 5. The van der Waals surface area contributed by atoms with Crippen molar-refractivity contribution >= 4 is 11.6 Å². The Morgan fingerprint density at radius 3 is 2.65 bits per heavy atom. The molecule has 4 nitrogen and oxygen atoms in total. The number of terminal acetylenes is 1. The second kappa shape index (κ2) is 8.00. The van der Waals surface area contributed by atoms with Gasteiger partial charge in [-0.15, -0.1) is 6.42 Å². The maximum Gasteiger partial charge on any atom is 0.255 e. The van der Waals surface area contributed by atoms with Gasteiger partial charge in [0.2, 0.25) is 0 Å². The summed E-state index contributed by atoms with van der Waals surface area (Å²) in [5.41, 5.74) is 3.77. The lowest BCUT2D eigenvalue weighted by atomic mass is 10.1. The van der Waals surface area contributed by atoms with E-state index in [4.69, 9.17) is 11.2 Å². The van der Waals surface area contributed by atoms with Gasteiger partial charge >= 0.3 is 0 Å². The van der Waals surface area contributed by atoms with Crippen molar-refractivity contribution in [3.63, 3.8) is 0 Å². The van der Waals surface area contributed by atoms with E-state index in [-0.39, 0.29) is 5.91 Å². The van der Waals surface area contributed by atoms with Crippen LogP contribution in [-0.2, 0) is 6.61 Å². The molecule has 0 bridgehead atoms. The van der Waals surface area contributed by atoms with E-state index in [2.05, 4.69) is 16.2 Å². The number of nitrogens with one attached hydrogen (secondary N) is 1. The molecule has 4 heteroatoms. The number of benzene rings is 2. The molecule has 1 N–H and O–H groups in total. The van der Waals surface area contributed by atoms with Gasteiger partial charge in [-0.1, -0.05) is 18.1 Å². The lowest BCUT2D eigenvalue weighted by molar-refractivity contribution is 0.102. The summed E-state index contributed by atoms with van der Waals surface area (Å²) in [4.78, 5) is 16.6. The number of aromatic nitrogens is 1. The molecule has 0 atom stereocenters. The molecule has 1 aromatic heterocycles. The molecule has 0 saturated carbocycles. The minimum absolute atomic E-state index is 0.196. The monoisotopic (exact) mass is 342 g/mol. The number of nitrogens with zero attached hydrogens (tertiary/aromatic N) is 1. The Labute approximate surface area is 152 Å². The zero-order valence-electron chi connectivity index (χ0n) is 14.4. The Morgan fingerprint density at radius 2 is 1.96 bits per heavy atom. The largest absolute Gasteiger partial charge is 0.487 e. The molecule has 0 unspecified atom stereocenters. The Balaban J connectivity index is 1.65. The minimum Gasteiger partial charge on any atom is -0.487 e. The number of ether oxygens (including phenoxy) is 1. The highest BCUT2D eigenvalue weighted by atomic mass is 16.5. The van der Waals surface area contributed by atoms with Crippen molar-refractivity contribution in [1.29, 1.82) is 0 Å². The van der Waals surface area contributed by atoms with E-state index in [0.29, 0.717) is 23.6 Å². The standard InChI is InChI=1S/C22H18N2O2/c1-3-17-8-7-16(2)21(14-17)24-22(25)18-9-11-20(12-10-18)26-15-19-6-4-5-13-23-19/h1,4-14H,15H2,2H3,(H,24,25). The number of hydrogen-bond acceptors (Lipinski definition) is 3. The fourth-order valence-electron chi connectivity index (χ4n) is 2.38. The van der Waals surface area contributed by atoms with Crippen LogP contribution in [0.25, 0.3) is 0 Å². The molecule has 0 radical (unpaired) electrons. The normalized spacial score (nSPS) is 10.0. The number of pyridine rings is 1. The summed E-state index contributed by atoms with van der Waals surface area (Å²) in [6.45, 7) is 2.30. The predicted octanol–water partition coefficient (Wildman–Crippen LogP) is 4.20. The lowest BCUT2D eigenvalue weighted by Crippen LogP contribution is -2.12. The maximum atomic E-state index is 12.4. The third-order valence-electron chi connectivity index (χ3n) is 3.88. The van der Waals surface area contributed by atoms with Gasteiger partial charge in [0, 0.05) is 23.0 Å². The first-order valence-electron chi connectivity index (χ1n) is 8.17. The summed E-state index contributed by atoms with van der Waals surface area (Å²) in [6, 6.07) is 18.2. The highest BCUT2D eigenvalue weighted by molar-refractivity contribution is 6.04. The molecular formula is C22H18N2O2. The van der Waals surface area contributed by atoms with Gasteiger partial charge < -0.3 is 10.1 Å². The van der Waals surface area contributed by atoms with Crippen molar-refractivity contribution in [2.24, 2.45) is 0 Å². The van der Waals surface area contributed by atoms with E-state index >= 15 is 0 Å². The van der Waals surface area contributed by atoms with E-state index in [0.717, 1.165) is 16.8 Å². The highest BCUT2D eigenvalue weighted by Crippen LogP contribution is 2.19. The SMILES string of the molecule is C#Cc1ccc(C)c(NC(=O)c2ccc(OCc3ccccn3)cc2)c1. The maximum absolute atomic E-state index is 12.4. The molecule has 0 spiro atoms. The molecule has 1 heterocycles. The molecule has 3 rings (SSSR count). The fourth-order valence-corrected chi connectivity index (χ4v) is 2.38. The average molecular weight is 342 g/mol. The third-order valence-corrected chi connectivity index (χ3v) is 3.88. The van der Waals surface area contributed by atoms with Crippen LogP contribution in [0.1, 0.15) is 27.2 Å². The molecule has 3 aromatic rings. The van der Waals surface area contributed by atoms with Gasteiger partial charge in [0.1, 0.15) is 12.4 Å². The molecule has 0 aliphatic heterocycles. The predicted molar refractivity (Wildman–Crippen MR) is 102 cm³/mol. The first kappa shape index (κ1) is 17.2. The van der Waals surface area contributed by atoms with Gasteiger partial charge in [-0.25, -0.2) is 0 Å². The van der Waals surface area contributed by atoms with Gasteiger partial charge in [0.15, 0.2) is 0 Å². The summed E-state index contributed by atoms with van der Waals surface area (Å²) in [6.07, 6.45) is 7.14. The Morgan fingerprint density at radius 1 is 1.15 bits per heavy atom. The second-order valence-corrected chi connectivity index (χ2v) is 5.76. The highest BCUT2D eigenvalue weighted by Gasteiger charge is 2.08. The minimum atomic E-state index is -0.196. The number of carbonyl (C=O) groups excluding carboxylic acids is 1. The van der Waals surface area contributed by atoms with Crippen LogP contribution in [0, 0.1) is 19.3 Å². The van der Waals surface area contributed by atoms with Crippen molar-refractivity contribution < 1.29 is 9.53 Å². The number of aryl methyl sites for hydroxylation is 1. The van der Waals surface area contributed by atoms with E-state index in [1.54, 1.807) is 36.5 Å². The molecule has 26 heavy (non-hydrogen) atoms. The van der Waals surface area contributed by atoms with Gasteiger partial charge in [0.25, 0.3) is 5.91 Å². The summed E-state index contributed by atoms with van der Waals surface area (Å²) in [7, 11) is 0. The lowest BCUT2D eigenvalue weighted by Gasteiger charge is -2.10. The van der Waals surface area contributed by atoms with Gasteiger partial charge in [0.05, 0.1) is 5.69 Å². The van der Waals surface area contributed by atoms with Crippen molar-refractivity contribution in [3.05, 3.63) is 89.2 Å². The molecular weight excluding hydrogens is 324 g/mol. The van der Waals surface area contributed by atoms with Gasteiger partial charge in [-0.05, 0) is 61.0 Å². The molecule has 0 saturated heterocycles. The van der Waals surface area contributed by atoms with Crippen LogP contribution in [0.15, 0.2) is 66.9 Å². The Bertz CT molecular complexity index is 942. The zero-order chi connectivity index (χ0) is 18.4. The number of anilines is 1. The van der Waals surface area contributed by atoms with Crippen LogP contribution in [0.3, 0.4) is 0 Å². The van der Waals surface area contributed by atoms with E-state index in [1.807, 2.05) is 37.3 Å². The van der Waals surface area contributed by atoms with Gasteiger partial charge in [-0.2, -0.15) is 0 Å². The summed E-state index contributed by atoms with van der Waals surface area (Å²) in [5, 5.41) is 2.89. The summed E-state index contributed by atoms with van der Waals surface area (Å²) >= 11 is 0. The topological polar surface area (TPSA) is 51.2 Å².